The normalized spacial score (nSPS) is 13.0. The van der Waals surface area contributed by atoms with Crippen molar-refractivity contribution in [3.05, 3.63) is 39.9 Å². The first-order valence-corrected chi connectivity index (χ1v) is 5.97. The number of hydrogen-bond donors (Lipinski definition) is 0. The van der Waals surface area contributed by atoms with E-state index in [0.717, 1.165) is 12.0 Å². The lowest BCUT2D eigenvalue weighted by molar-refractivity contribution is -0.117. The summed E-state index contributed by atoms with van der Waals surface area (Å²) in [4.78, 5) is 11.6. The molecule has 0 amide bonds. The van der Waals surface area contributed by atoms with Gasteiger partial charge < -0.3 is 0 Å². The lowest BCUT2D eigenvalue weighted by Crippen LogP contribution is -2.05. The van der Waals surface area contributed by atoms with Crippen LogP contribution in [0.5, 0.6) is 0 Å². The van der Waals surface area contributed by atoms with Crippen LogP contribution in [0.25, 0.3) is 6.08 Å². The quantitative estimate of drug-likeness (QED) is 0.719. The Morgan fingerprint density at radius 2 is 2.06 bits per heavy atom. The van der Waals surface area contributed by atoms with Gasteiger partial charge in [-0.1, -0.05) is 49.2 Å². The maximum atomic E-state index is 11.6. The molecule has 1 unspecified atom stereocenters. The number of carbonyl (C=O) groups is 1. The monoisotopic (exact) mass is 256 g/mol. The van der Waals surface area contributed by atoms with Crippen LogP contribution in [0.15, 0.2) is 24.3 Å². The highest BCUT2D eigenvalue weighted by molar-refractivity contribution is 6.42. The van der Waals surface area contributed by atoms with E-state index in [9.17, 15) is 4.79 Å². The third kappa shape index (κ3) is 3.66. The lowest BCUT2D eigenvalue weighted by atomic mass is 10.0. The molecule has 1 nitrogen and oxygen atoms in total. The first-order chi connectivity index (χ1) is 7.54. The summed E-state index contributed by atoms with van der Waals surface area (Å²) in [5, 5.41) is 1.02. The van der Waals surface area contributed by atoms with E-state index in [0.29, 0.717) is 10.0 Å². The van der Waals surface area contributed by atoms with Crippen LogP contribution >= 0.6 is 23.2 Å². The number of hydrogen-bond acceptors (Lipinski definition) is 1. The summed E-state index contributed by atoms with van der Waals surface area (Å²) in [6, 6.07) is 5.29. The highest BCUT2D eigenvalue weighted by atomic mass is 35.5. The second-order valence-electron chi connectivity index (χ2n) is 3.72. The molecular weight excluding hydrogens is 243 g/mol. The molecule has 0 aliphatic carbocycles. The zero-order chi connectivity index (χ0) is 12.1. The predicted octanol–water partition coefficient (Wildman–Crippen LogP) is 4.62. The molecule has 0 aromatic heterocycles. The average Bonchev–Trinajstić information content (AvgIpc) is 2.29. The molecule has 0 N–H and O–H groups in total. The SMILES string of the molecule is CCC(C)C(=O)C=Cc1ccc(Cl)c(Cl)c1. The highest BCUT2D eigenvalue weighted by Crippen LogP contribution is 2.23. The second-order valence-corrected chi connectivity index (χ2v) is 4.53. The van der Waals surface area contributed by atoms with Gasteiger partial charge in [0.05, 0.1) is 10.0 Å². The van der Waals surface area contributed by atoms with Crippen molar-refractivity contribution in [3.8, 4) is 0 Å². The Labute approximate surface area is 106 Å². The topological polar surface area (TPSA) is 17.1 Å². The van der Waals surface area contributed by atoms with Gasteiger partial charge in [-0.3, -0.25) is 4.79 Å². The van der Waals surface area contributed by atoms with Crippen LogP contribution in [0, 0.1) is 5.92 Å². The molecule has 16 heavy (non-hydrogen) atoms. The summed E-state index contributed by atoms with van der Waals surface area (Å²) in [6.07, 6.45) is 4.20. The van der Waals surface area contributed by atoms with Crippen LogP contribution in [0.4, 0.5) is 0 Å². The van der Waals surface area contributed by atoms with Gasteiger partial charge in [-0.2, -0.15) is 0 Å². The number of rotatable bonds is 4. The van der Waals surface area contributed by atoms with Gasteiger partial charge in [0.25, 0.3) is 0 Å². The molecule has 0 bridgehead atoms. The Morgan fingerprint density at radius 1 is 1.38 bits per heavy atom. The molecule has 0 saturated heterocycles. The fraction of sp³-hybridized carbons (Fsp3) is 0.308. The Morgan fingerprint density at radius 3 is 2.62 bits per heavy atom. The molecule has 86 valence electrons. The van der Waals surface area contributed by atoms with E-state index in [1.165, 1.54) is 0 Å². The molecule has 0 radical (unpaired) electrons. The number of benzene rings is 1. The van der Waals surface area contributed by atoms with E-state index >= 15 is 0 Å². The molecule has 1 aromatic rings. The van der Waals surface area contributed by atoms with Crippen LogP contribution in [-0.4, -0.2) is 5.78 Å². The summed E-state index contributed by atoms with van der Waals surface area (Å²) in [5.41, 5.74) is 0.881. The molecule has 1 rings (SSSR count). The van der Waals surface area contributed by atoms with Crippen molar-refractivity contribution in [1.29, 1.82) is 0 Å². The van der Waals surface area contributed by atoms with Gasteiger partial charge in [-0.15, -0.1) is 0 Å². The molecule has 0 spiro atoms. The molecule has 0 aliphatic rings. The van der Waals surface area contributed by atoms with E-state index in [1.807, 2.05) is 19.9 Å². The van der Waals surface area contributed by atoms with E-state index in [1.54, 1.807) is 24.3 Å². The first kappa shape index (κ1) is 13.3. The van der Waals surface area contributed by atoms with E-state index in [4.69, 9.17) is 23.2 Å². The molecule has 1 atom stereocenters. The van der Waals surface area contributed by atoms with Gasteiger partial charge in [0.15, 0.2) is 5.78 Å². The number of ketones is 1. The van der Waals surface area contributed by atoms with Crippen molar-refractivity contribution < 1.29 is 4.79 Å². The number of carbonyl (C=O) groups excluding carboxylic acids is 1. The summed E-state index contributed by atoms with van der Waals surface area (Å²) in [5.74, 6) is 0.201. The van der Waals surface area contributed by atoms with Crippen LogP contribution < -0.4 is 0 Å². The Balaban J connectivity index is 2.77. The van der Waals surface area contributed by atoms with Crippen LogP contribution in [0.3, 0.4) is 0 Å². The van der Waals surface area contributed by atoms with Crippen LogP contribution in [-0.2, 0) is 4.79 Å². The van der Waals surface area contributed by atoms with Crippen LogP contribution in [0.2, 0.25) is 10.0 Å². The molecule has 0 saturated carbocycles. The molecule has 3 heteroatoms. The highest BCUT2D eigenvalue weighted by Gasteiger charge is 2.06. The zero-order valence-corrected chi connectivity index (χ0v) is 10.8. The Kier molecular flexibility index (Phi) is 5.04. The standard InChI is InChI=1S/C13H14Cl2O/c1-3-9(2)13(16)7-5-10-4-6-11(14)12(15)8-10/h4-9H,3H2,1-2H3. The van der Waals surface area contributed by atoms with Gasteiger partial charge in [0.2, 0.25) is 0 Å². The van der Waals surface area contributed by atoms with Crippen molar-refractivity contribution in [1.82, 2.24) is 0 Å². The summed E-state index contributed by atoms with van der Waals surface area (Å²) < 4.78 is 0. The summed E-state index contributed by atoms with van der Waals surface area (Å²) in [6.45, 7) is 3.91. The van der Waals surface area contributed by atoms with E-state index in [2.05, 4.69) is 0 Å². The molecule has 0 aliphatic heterocycles. The molecule has 0 fully saturated rings. The third-order valence-electron chi connectivity index (χ3n) is 2.48. The maximum absolute atomic E-state index is 11.6. The summed E-state index contributed by atoms with van der Waals surface area (Å²) in [7, 11) is 0. The summed E-state index contributed by atoms with van der Waals surface area (Å²) >= 11 is 11.7. The first-order valence-electron chi connectivity index (χ1n) is 5.21. The third-order valence-corrected chi connectivity index (χ3v) is 3.22. The Bertz CT molecular complexity index is 410. The van der Waals surface area contributed by atoms with Gasteiger partial charge in [-0.05, 0) is 30.2 Å². The fourth-order valence-corrected chi connectivity index (χ4v) is 1.47. The Hall–Kier alpha value is -0.790. The molecule has 0 heterocycles. The zero-order valence-electron chi connectivity index (χ0n) is 9.34. The van der Waals surface area contributed by atoms with E-state index in [-0.39, 0.29) is 11.7 Å². The largest absolute Gasteiger partial charge is 0.295 e. The van der Waals surface area contributed by atoms with Gasteiger partial charge in [0, 0.05) is 5.92 Å². The van der Waals surface area contributed by atoms with Gasteiger partial charge >= 0.3 is 0 Å². The molecular formula is C13H14Cl2O. The number of allylic oxidation sites excluding steroid dienone is 1. The smallest absolute Gasteiger partial charge is 0.158 e. The van der Waals surface area contributed by atoms with Crippen molar-refractivity contribution in [2.75, 3.05) is 0 Å². The minimum atomic E-state index is 0.0685. The predicted molar refractivity (Wildman–Crippen MR) is 70.0 cm³/mol. The number of halogens is 2. The van der Waals surface area contributed by atoms with Gasteiger partial charge in [0.1, 0.15) is 0 Å². The minimum absolute atomic E-state index is 0.0685. The van der Waals surface area contributed by atoms with Crippen LogP contribution in [0.1, 0.15) is 25.8 Å². The second kappa shape index (κ2) is 6.07. The van der Waals surface area contributed by atoms with Crippen molar-refractivity contribution in [2.24, 2.45) is 5.92 Å². The maximum Gasteiger partial charge on any atom is 0.158 e. The fourth-order valence-electron chi connectivity index (χ4n) is 1.16. The van der Waals surface area contributed by atoms with Crippen molar-refractivity contribution in [2.45, 2.75) is 20.3 Å². The molecule has 1 aromatic carbocycles. The minimum Gasteiger partial charge on any atom is -0.295 e. The van der Waals surface area contributed by atoms with Gasteiger partial charge in [-0.25, -0.2) is 0 Å². The lowest BCUT2D eigenvalue weighted by Gasteiger charge is -2.02. The average molecular weight is 257 g/mol. The van der Waals surface area contributed by atoms with E-state index < -0.39 is 0 Å². The van der Waals surface area contributed by atoms with Crippen molar-refractivity contribution in [3.63, 3.8) is 0 Å². The van der Waals surface area contributed by atoms with Crippen molar-refractivity contribution >= 4 is 35.1 Å².